The zero-order chi connectivity index (χ0) is 31.7. The van der Waals surface area contributed by atoms with E-state index in [1.807, 2.05) is 0 Å². The summed E-state index contributed by atoms with van der Waals surface area (Å²) >= 11 is 0. The molecule has 0 saturated heterocycles. The Morgan fingerprint density at radius 3 is 2.26 bits per heavy atom. The van der Waals surface area contributed by atoms with E-state index in [1.54, 1.807) is 0 Å². The number of alkyl halides is 3. The number of anilines is 1. The highest BCUT2D eigenvalue weighted by molar-refractivity contribution is 6.04. The van der Waals surface area contributed by atoms with Gasteiger partial charge in [0, 0.05) is 32.8 Å². The van der Waals surface area contributed by atoms with Crippen molar-refractivity contribution in [2.45, 2.75) is 57.7 Å². The molecule has 1 aliphatic carbocycles. The normalized spacial score (nSPS) is 17.0. The number of ether oxygens (including phenoxy) is 4. The zero-order valence-electron chi connectivity index (χ0n) is 24.6. The first kappa shape index (κ1) is 33.8. The Balaban J connectivity index is 2.06. The molecule has 2 aromatic rings. The van der Waals surface area contributed by atoms with E-state index in [-0.39, 0.29) is 60.4 Å². The standard InChI is InChI=1S/C30H37F3N2O8/c1-18-5-8-20(9-6-18)28(38)35(21(16-40-2)17-41-3)25-11-10-22(14-23(25)29(39)42-4)43-27-24(30(31,32)33)13-19(15-34-27)7-12-26(36)37/h10-11,13-15,18,20-21H,5-9,12,16-17H2,1-4H3,(H,36,37). The number of nitrogens with zero attached hydrogens (tertiary/aromatic N) is 2. The highest BCUT2D eigenvalue weighted by atomic mass is 19.4. The molecular weight excluding hydrogens is 573 g/mol. The van der Waals surface area contributed by atoms with Crippen LogP contribution < -0.4 is 9.64 Å². The highest BCUT2D eigenvalue weighted by Crippen LogP contribution is 2.39. The second-order valence-corrected chi connectivity index (χ2v) is 10.6. The Hall–Kier alpha value is -3.71. The molecule has 0 bridgehead atoms. The topological polar surface area (TPSA) is 124 Å². The largest absolute Gasteiger partial charge is 0.481 e. The lowest BCUT2D eigenvalue weighted by Gasteiger charge is -2.36. The molecule has 0 radical (unpaired) electrons. The van der Waals surface area contributed by atoms with Gasteiger partial charge in [0.25, 0.3) is 0 Å². The minimum atomic E-state index is -4.86. The van der Waals surface area contributed by atoms with Crippen molar-refractivity contribution in [1.29, 1.82) is 0 Å². The van der Waals surface area contributed by atoms with Crippen LogP contribution in [0, 0.1) is 11.8 Å². The Morgan fingerprint density at radius 2 is 1.70 bits per heavy atom. The maximum atomic E-state index is 14.0. The average molecular weight is 611 g/mol. The number of pyridine rings is 1. The summed E-state index contributed by atoms with van der Waals surface area (Å²) in [5.74, 6) is -2.96. The van der Waals surface area contributed by atoms with Crippen LogP contribution in [0.15, 0.2) is 30.5 Å². The van der Waals surface area contributed by atoms with Crippen LogP contribution >= 0.6 is 0 Å². The molecule has 1 heterocycles. The van der Waals surface area contributed by atoms with E-state index in [2.05, 4.69) is 11.9 Å². The maximum Gasteiger partial charge on any atom is 0.421 e. The SMILES string of the molecule is COCC(COC)N(C(=O)C1CCC(C)CC1)c1ccc(Oc2ncc(CCC(=O)O)cc2C(F)(F)F)cc1C(=O)OC. The molecule has 3 rings (SSSR count). The molecule has 43 heavy (non-hydrogen) atoms. The summed E-state index contributed by atoms with van der Waals surface area (Å²) in [6.07, 6.45) is -1.17. The molecule has 1 amide bonds. The van der Waals surface area contributed by atoms with Crippen LogP contribution in [0.4, 0.5) is 18.9 Å². The molecule has 1 N–H and O–H groups in total. The number of hydrogen-bond acceptors (Lipinski definition) is 8. The van der Waals surface area contributed by atoms with Crippen molar-refractivity contribution in [3.05, 3.63) is 47.2 Å². The monoisotopic (exact) mass is 610 g/mol. The Bertz CT molecular complexity index is 1270. The fourth-order valence-electron chi connectivity index (χ4n) is 5.12. The zero-order valence-corrected chi connectivity index (χ0v) is 24.6. The Labute approximate surface area is 248 Å². The highest BCUT2D eigenvalue weighted by Gasteiger charge is 2.37. The van der Waals surface area contributed by atoms with E-state index in [4.69, 9.17) is 24.1 Å². The number of carbonyl (C=O) groups is 3. The predicted molar refractivity (Wildman–Crippen MR) is 149 cm³/mol. The molecule has 13 heteroatoms. The van der Waals surface area contributed by atoms with Crippen molar-refractivity contribution in [2.75, 3.05) is 39.4 Å². The van der Waals surface area contributed by atoms with Crippen molar-refractivity contribution in [3.63, 3.8) is 0 Å². The summed E-state index contributed by atoms with van der Waals surface area (Å²) < 4.78 is 62.9. The van der Waals surface area contributed by atoms with Gasteiger partial charge < -0.3 is 29.0 Å². The number of amides is 1. The fourth-order valence-corrected chi connectivity index (χ4v) is 5.12. The third-order valence-electron chi connectivity index (χ3n) is 7.37. The molecule has 0 aliphatic heterocycles. The first-order valence-corrected chi connectivity index (χ1v) is 13.9. The molecule has 1 aliphatic rings. The lowest BCUT2D eigenvalue weighted by molar-refractivity contribution is -0.139. The maximum absolute atomic E-state index is 14.0. The number of benzene rings is 1. The van der Waals surface area contributed by atoms with Crippen LogP contribution in [-0.2, 0) is 36.4 Å². The van der Waals surface area contributed by atoms with Gasteiger partial charge in [0.15, 0.2) is 0 Å². The number of aryl methyl sites for hydroxylation is 1. The molecule has 1 saturated carbocycles. The second-order valence-electron chi connectivity index (χ2n) is 10.6. The van der Waals surface area contributed by atoms with Crippen molar-refractivity contribution in [2.24, 2.45) is 11.8 Å². The number of carbonyl (C=O) groups excluding carboxylic acids is 2. The van der Waals surface area contributed by atoms with Gasteiger partial charge >= 0.3 is 18.1 Å². The van der Waals surface area contributed by atoms with Gasteiger partial charge in [0.2, 0.25) is 11.8 Å². The third kappa shape index (κ3) is 8.90. The minimum absolute atomic E-state index is 0.0706. The quantitative estimate of drug-likeness (QED) is 0.292. The van der Waals surface area contributed by atoms with Crippen LogP contribution in [0.25, 0.3) is 0 Å². The number of halogens is 3. The van der Waals surface area contributed by atoms with E-state index < -0.39 is 35.6 Å². The van der Waals surface area contributed by atoms with Gasteiger partial charge in [-0.25, -0.2) is 9.78 Å². The van der Waals surface area contributed by atoms with E-state index in [9.17, 15) is 27.6 Å². The first-order valence-electron chi connectivity index (χ1n) is 13.9. The summed E-state index contributed by atoms with van der Waals surface area (Å²) in [7, 11) is 4.10. The van der Waals surface area contributed by atoms with Gasteiger partial charge in [-0.2, -0.15) is 13.2 Å². The lowest BCUT2D eigenvalue weighted by Crippen LogP contribution is -2.49. The number of esters is 1. The number of methoxy groups -OCH3 is 3. The van der Waals surface area contributed by atoms with Crippen molar-refractivity contribution in [1.82, 2.24) is 4.98 Å². The summed E-state index contributed by atoms with van der Waals surface area (Å²) in [6.45, 7) is 2.32. The van der Waals surface area contributed by atoms with Gasteiger partial charge in [-0.3, -0.25) is 9.59 Å². The molecule has 10 nitrogen and oxygen atoms in total. The summed E-state index contributed by atoms with van der Waals surface area (Å²) in [6, 6.07) is 4.11. The molecule has 1 aromatic heterocycles. The average Bonchev–Trinajstić information content (AvgIpc) is 2.96. The molecule has 0 spiro atoms. The molecule has 1 fully saturated rings. The van der Waals surface area contributed by atoms with Gasteiger partial charge in [-0.1, -0.05) is 6.92 Å². The first-order chi connectivity index (χ1) is 20.4. The Morgan fingerprint density at radius 1 is 1.05 bits per heavy atom. The van der Waals surface area contributed by atoms with Crippen LogP contribution in [-0.4, -0.2) is 68.5 Å². The van der Waals surface area contributed by atoms with Crippen molar-refractivity contribution >= 4 is 23.5 Å². The number of rotatable bonds is 13. The molecule has 1 aromatic carbocycles. The minimum Gasteiger partial charge on any atom is -0.481 e. The van der Waals surface area contributed by atoms with Crippen LogP contribution in [0.2, 0.25) is 0 Å². The summed E-state index contributed by atoms with van der Waals surface area (Å²) in [4.78, 5) is 43.1. The molecule has 236 valence electrons. The van der Waals surface area contributed by atoms with Crippen LogP contribution in [0.5, 0.6) is 11.6 Å². The van der Waals surface area contributed by atoms with Gasteiger partial charge in [-0.15, -0.1) is 0 Å². The van der Waals surface area contributed by atoms with E-state index >= 15 is 0 Å². The molecule has 0 atom stereocenters. The lowest BCUT2D eigenvalue weighted by atomic mass is 9.82. The summed E-state index contributed by atoms with van der Waals surface area (Å²) in [5, 5.41) is 8.88. The predicted octanol–water partition coefficient (Wildman–Crippen LogP) is 5.52. The fraction of sp³-hybridized carbons (Fsp3) is 0.533. The second kappa shape index (κ2) is 15.1. The smallest absolute Gasteiger partial charge is 0.421 e. The van der Waals surface area contributed by atoms with Gasteiger partial charge in [0.1, 0.15) is 11.3 Å². The number of aromatic nitrogens is 1. The summed E-state index contributed by atoms with van der Waals surface area (Å²) in [5.41, 5.74) is -1.07. The number of hydrogen-bond donors (Lipinski definition) is 1. The van der Waals surface area contributed by atoms with Crippen molar-refractivity contribution < 1.29 is 51.6 Å². The Kier molecular flexibility index (Phi) is 11.9. The van der Waals surface area contributed by atoms with E-state index in [0.717, 1.165) is 32.2 Å². The third-order valence-corrected chi connectivity index (χ3v) is 7.37. The number of carboxylic acids is 1. The van der Waals surface area contributed by atoms with E-state index in [0.29, 0.717) is 18.8 Å². The van der Waals surface area contributed by atoms with Gasteiger partial charge in [0.05, 0.1) is 37.6 Å². The van der Waals surface area contributed by atoms with E-state index in [1.165, 1.54) is 37.3 Å². The number of carboxylic acid groups (broad SMARTS) is 1. The van der Waals surface area contributed by atoms with Crippen LogP contribution in [0.3, 0.4) is 0 Å². The molecule has 0 unspecified atom stereocenters. The van der Waals surface area contributed by atoms with Crippen LogP contribution in [0.1, 0.15) is 60.5 Å². The van der Waals surface area contributed by atoms with Crippen molar-refractivity contribution in [3.8, 4) is 11.6 Å². The van der Waals surface area contributed by atoms with Gasteiger partial charge in [-0.05, 0) is 67.9 Å². The molecular formula is C30H37F3N2O8. The number of aliphatic carboxylic acids is 1.